The number of carbonyl (C=O) groups is 2. The first-order chi connectivity index (χ1) is 19.5. The summed E-state index contributed by atoms with van der Waals surface area (Å²) < 4.78 is 0. The van der Waals surface area contributed by atoms with Gasteiger partial charge in [-0.25, -0.2) is 0 Å². The smallest absolute Gasteiger partial charge is 0.221 e. The number of nitrogens with one attached hydrogen (secondary N) is 3. The van der Waals surface area contributed by atoms with Crippen molar-refractivity contribution >= 4 is 59.6 Å². The van der Waals surface area contributed by atoms with Gasteiger partial charge in [0.1, 0.15) is 0 Å². The number of aromatic nitrogens is 1. The van der Waals surface area contributed by atoms with E-state index in [2.05, 4.69) is 27.0 Å². The van der Waals surface area contributed by atoms with Gasteiger partial charge in [-0.1, -0.05) is 101 Å². The first-order valence-electron chi connectivity index (χ1n) is 15.3. The van der Waals surface area contributed by atoms with Crippen molar-refractivity contribution in [1.82, 2.24) is 4.98 Å². The van der Waals surface area contributed by atoms with Gasteiger partial charge in [0.2, 0.25) is 11.8 Å². The van der Waals surface area contributed by atoms with Gasteiger partial charge in [0.15, 0.2) is 0 Å². The van der Waals surface area contributed by atoms with Crippen molar-refractivity contribution in [2.24, 2.45) is 0 Å². The molecule has 1 aliphatic rings. The summed E-state index contributed by atoms with van der Waals surface area (Å²) in [7, 11) is 0. The molecule has 0 saturated carbocycles. The van der Waals surface area contributed by atoms with Crippen LogP contribution in [-0.2, 0) is 16.0 Å². The number of benzene rings is 2. The van der Waals surface area contributed by atoms with Crippen LogP contribution in [0, 0.1) is 0 Å². The molecule has 0 bridgehead atoms. The van der Waals surface area contributed by atoms with E-state index in [0.29, 0.717) is 0 Å². The van der Waals surface area contributed by atoms with E-state index in [0.717, 1.165) is 40.9 Å². The van der Waals surface area contributed by atoms with Crippen molar-refractivity contribution in [3.8, 4) is 0 Å². The zero-order valence-corrected chi connectivity index (χ0v) is 32.3. The highest BCUT2D eigenvalue weighted by molar-refractivity contribution is 6.92. The zero-order chi connectivity index (χ0) is 31.9. The predicted octanol–water partition coefficient (Wildman–Crippen LogP) is 10.5. The van der Waals surface area contributed by atoms with Gasteiger partial charge >= 0.3 is 0 Å². The SMILES string of the molecule is CC.CC.CC.CC.CC.CC.CC(=O)Nc1ccc2c(c1)NCCC2.CC(=O)Nc1ccc2cccnc2c1.P.P. The van der Waals surface area contributed by atoms with Crippen molar-refractivity contribution in [3.63, 3.8) is 0 Å². The fraction of sp³-hybridized carbons (Fsp3) is 0.500. The lowest BCUT2D eigenvalue weighted by Gasteiger charge is -2.18. The molecule has 2 aromatic carbocycles. The molecule has 6 nitrogen and oxygen atoms in total. The molecular formula is C34H66N4O2P2. The highest BCUT2D eigenvalue weighted by Crippen LogP contribution is 2.25. The molecule has 2 atom stereocenters. The quantitative estimate of drug-likeness (QED) is 0.248. The summed E-state index contributed by atoms with van der Waals surface area (Å²) >= 11 is 0. The molecule has 0 spiro atoms. The Morgan fingerprint density at radius 3 is 1.67 bits per heavy atom. The molecule has 4 rings (SSSR count). The van der Waals surface area contributed by atoms with E-state index in [9.17, 15) is 9.59 Å². The zero-order valence-electron chi connectivity index (χ0n) is 29.5. The average molecular weight is 625 g/mol. The number of rotatable bonds is 2. The van der Waals surface area contributed by atoms with Crippen LogP contribution in [0.5, 0.6) is 0 Å². The molecule has 3 N–H and O–H groups in total. The molecule has 1 aliphatic heterocycles. The first kappa shape index (κ1) is 52.1. The Labute approximate surface area is 266 Å². The highest BCUT2D eigenvalue weighted by atomic mass is 31.0. The van der Waals surface area contributed by atoms with Gasteiger partial charge in [-0.3, -0.25) is 14.6 Å². The molecule has 42 heavy (non-hydrogen) atoms. The number of fused-ring (bicyclic) bond motifs is 2. The molecule has 2 amide bonds. The molecule has 0 fully saturated rings. The number of amides is 2. The van der Waals surface area contributed by atoms with Crippen molar-refractivity contribution in [1.29, 1.82) is 0 Å². The highest BCUT2D eigenvalue weighted by Gasteiger charge is 2.08. The summed E-state index contributed by atoms with van der Waals surface area (Å²) in [5.41, 5.74) is 5.03. The Bertz CT molecular complexity index is 1020. The van der Waals surface area contributed by atoms with Crippen LogP contribution in [-0.4, -0.2) is 23.3 Å². The Morgan fingerprint density at radius 1 is 0.690 bits per heavy atom. The lowest BCUT2D eigenvalue weighted by molar-refractivity contribution is -0.115. The predicted molar refractivity (Wildman–Crippen MR) is 204 cm³/mol. The van der Waals surface area contributed by atoms with Crippen LogP contribution in [0.3, 0.4) is 0 Å². The van der Waals surface area contributed by atoms with Gasteiger partial charge in [0, 0.05) is 49.0 Å². The lowest BCUT2D eigenvalue weighted by Crippen LogP contribution is -2.12. The van der Waals surface area contributed by atoms with Gasteiger partial charge in [0.25, 0.3) is 0 Å². The summed E-state index contributed by atoms with van der Waals surface area (Å²) in [5, 5.41) is 9.89. The van der Waals surface area contributed by atoms with Crippen LogP contribution in [0.25, 0.3) is 10.9 Å². The van der Waals surface area contributed by atoms with E-state index in [4.69, 9.17) is 0 Å². The number of hydrogen-bond acceptors (Lipinski definition) is 4. The lowest BCUT2D eigenvalue weighted by atomic mass is 10.0. The Balaban J connectivity index is -0.000000110. The Hall–Kier alpha value is -2.55. The molecule has 1 aromatic heterocycles. The molecule has 0 aliphatic carbocycles. The number of aryl methyl sites for hydroxylation is 1. The fourth-order valence-corrected chi connectivity index (χ4v) is 3.09. The van der Waals surface area contributed by atoms with Gasteiger partial charge in [0.05, 0.1) is 5.52 Å². The normalized spacial score (nSPS) is 8.90. The number of anilines is 3. The number of nitrogens with zero attached hydrogens (tertiary/aromatic N) is 1. The molecule has 2 heterocycles. The molecule has 3 aromatic rings. The standard InChI is InChI=1S/C11H14N2O.C11H10N2O.6C2H6.2H3P/c2*1-8(14)13-10-5-4-9-3-2-6-12-11(9)7-10;6*1-2;;/h4-5,7,12H,2-3,6H2,1H3,(H,13,14);2-7H,1H3,(H,13,14);6*1-2H3;2*1H3. The minimum absolute atomic E-state index is 0. The van der Waals surface area contributed by atoms with Crippen LogP contribution < -0.4 is 16.0 Å². The van der Waals surface area contributed by atoms with E-state index >= 15 is 0 Å². The second-order valence-electron chi connectivity index (χ2n) is 6.68. The van der Waals surface area contributed by atoms with Crippen LogP contribution >= 0.6 is 19.8 Å². The van der Waals surface area contributed by atoms with Crippen molar-refractivity contribution in [2.45, 2.75) is 110 Å². The third-order valence-electron chi connectivity index (χ3n) is 4.29. The van der Waals surface area contributed by atoms with Gasteiger partial charge < -0.3 is 16.0 Å². The molecule has 2 unspecified atom stereocenters. The molecular weight excluding hydrogens is 558 g/mol. The van der Waals surface area contributed by atoms with Crippen molar-refractivity contribution in [2.75, 3.05) is 22.5 Å². The van der Waals surface area contributed by atoms with E-state index in [1.807, 2.05) is 126 Å². The summed E-state index contributed by atoms with van der Waals surface area (Å²) in [4.78, 5) is 25.9. The monoisotopic (exact) mass is 624 g/mol. The fourth-order valence-electron chi connectivity index (χ4n) is 3.09. The third-order valence-corrected chi connectivity index (χ3v) is 4.29. The van der Waals surface area contributed by atoms with E-state index < -0.39 is 0 Å². The van der Waals surface area contributed by atoms with Crippen molar-refractivity contribution in [3.05, 3.63) is 60.3 Å². The van der Waals surface area contributed by atoms with Crippen LogP contribution in [0.15, 0.2) is 54.7 Å². The first-order valence-corrected chi connectivity index (χ1v) is 15.3. The molecule has 8 heteroatoms. The topological polar surface area (TPSA) is 83.1 Å². The van der Waals surface area contributed by atoms with Crippen LogP contribution in [0.1, 0.15) is 109 Å². The summed E-state index contributed by atoms with van der Waals surface area (Å²) in [6, 6.07) is 15.6. The second kappa shape index (κ2) is 38.5. The maximum atomic E-state index is 10.8. The van der Waals surface area contributed by atoms with Crippen molar-refractivity contribution < 1.29 is 9.59 Å². The van der Waals surface area contributed by atoms with Crippen LogP contribution in [0.4, 0.5) is 17.1 Å². The average Bonchev–Trinajstić information content (AvgIpc) is 3.03. The minimum atomic E-state index is -0.0692. The van der Waals surface area contributed by atoms with Gasteiger partial charge in [-0.2, -0.15) is 19.8 Å². The molecule has 0 saturated heterocycles. The van der Waals surface area contributed by atoms with Gasteiger partial charge in [-0.15, -0.1) is 0 Å². The summed E-state index contributed by atoms with van der Waals surface area (Å²) in [6.45, 7) is 28.0. The van der Waals surface area contributed by atoms with E-state index in [-0.39, 0.29) is 31.6 Å². The van der Waals surface area contributed by atoms with Crippen LogP contribution in [0.2, 0.25) is 0 Å². The number of hydrogen-bond donors (Lipinski definition) is 3. The molecule has 244 valence electrons. The summed E-state index contributed by atoms with van der Waals surface area (Å²) in [5.74, 6) is -0.0963. The maximum absolute atomic E-state index is 10.8. The third kappa shape index (κ3) is 24.1. The minimum Gasteiger partial charge on any atom is -0.385 e. The summed E-state index contributed by atoms with van der Waals surface area (Å²) in [6.07, 6.45) is 4.05. The van der Waals surface area contributed by atoms with E-state index in [1.54, 1.807) is 6.20 Å². The number of carbonyl (C=O) groups excluding carboxylic acids is 2. The Morgan fingerprint density at radius 2 is 1.17 bits per heavy atom. The van der Waals surface area contributed by atoms with Gasteiger partial charge in [-0.05, 0) is 48.7 Å². The van der Waals surface area contributed by atoms with E-state index in [1.165, 1.54) is 25.8 Å². The number of pyridine rings is 1. The molecule has 0 radical (unpaired) electrons. The Kier molecular flexibility index (Phi) is 47.7. The largest absolute Gasteiger partial charge is 0.385 e. The maximum Gasteiger partial charge on any atom is 0.221 e. The second-order valence-corrected chi connectivity index (χ2v) is 6.68.